The van der Waals surface area contributed by atoms with Crippen LogP contribution in [-0.2, 0) is 14.4 Å². The van der Waals surface area contributed by atoms with Crippen molar-refractivity contribution >= 4 is 17.8 Å². The second kappa shape index (κ2) is 6.91. The van der Waals surface area contributed by atoms with Gasteiger partial charge in [-0.05, 0) is 39.0 Å². The van der Waals surface area contributed by atoms with Gasteiger partial charge in [0.05, 0.1) is 5.92 Å². The zero-order chi connectivity index (χ0) is 15.4. The van der Waals surface area contributed by atoms with Gasteiger partial charge in [-0.25, -0.2) is 0 Å². The number of piperidine rings is 1. The van der Waals surface area contributed by atoms with Crippen LogP contribution in [0.4, 0.5) is 0 Å². The molecule has 0 unspecified atom stereocenters. The molecule has 0 aromatic heterocycles. The van der Waals surface area contributed by atoms with Gasteiger partial charge in [-0.2, -0.15) is 0 Å². The average Bonchev–Trinajstić information content (AvgIpc) is 2.97. The lowest BCUT2D eigenvalue weighted by Gasteiger charge is -2.33. The number of carboxylic acid groups (broad SMARTS) is 1. The molecule has 21 heavy (non-hydrogen) atoms. The number of likely N-dealkylation sites (tertiary alicyclic amines) is 1. The fraction of sp³-hybridized carbons (Fsp3) is 0.800. The zero-order valence-electron chi connectivity index (χ0n) is 12.5. The molecule has 0 bridgehead atoms. The number of nitrogens with one attached hydrogen (secondary N) is 1. The molecule has 6 heteroatoms. The Morgan fingerprint density at radius 3 is 2.19 bits per heavy atom. The molecule has 2 amide bonds. The third-order valence-corrected chi connectivity index (χ3v) is 4.66. The van der Waals surface area contributed by atoms with Crippen molar-refractivity contribution in [3.05, 3.63) is 0 Å². The summed E-state index contributed by atoms with van der Waals surface area (Å²) in [4.78, 5) is 36.9. The van der Waals surface area contributed by atoms with Gasteiger partial charge in [-0.3, -0.25) is 14.4 Å². The van der Waals surface area contributed by atoms with Gasteiger partial charge in [0.2, 0.25) is 11.8 Å². The molecule has 0 radical (unpaired) electrons. The van der Waals surface area contributed by atoms with Gasteiger partial charge in [0, 0.05) is 31.5 Å². The van der Waals surface area contributed by atoms with E-state index < -0.39 is 5.97 Å². The Bertz CT molecular complexity index is 416. The van der Waals surface area contributed by atoms with Crippen molar-refractivity contribution < 1.29 is 19.5 Å². The van der Waals surface area contributed by atoms with Crippen LogP contribution in [0.25, 0.3) is 0 Å². The van der Waals surface area contributed by atoms with Crippen LogP contribution >= 0.6 is 0 Å². The van der Waals surface area contributed by atoms with Crippen molar-refractivity contribution in [1.29, 1.82) is 0 Å². The standard InChI is InChI=1S/C15H24N2O4/c1-2-16-13(18)10-5-7-17(8-6-10)14(19)11-3-4-12(9-11)15(20)21/h10-12H,2-9H2,1H3,(H,16,18)(H,20,21)/t11-,12+/m1/s1. The third kappa shape index (κ3) is 3.74. The predicted molar refractivity (Wildman–Crippen MR) is 76.5 cm³/mol. The minimum Gasteiger partial charge on any atom is -0.481 e. The van der Waals surface area contributed by atoms with Crippen molar-refractivity contribution in [2.75, 3.05) is 19.6 Å². The van der Waals surface area contributed by atoms with E-state index in [1.807, 2.05) is 11.8 Å². The topological polar surface area (TPSA) is 86.7 Å². The van der Waals surface area contributed by atoms with Crippen LogP contribution in [0.2, 0.25) is 0 Å². The van der Waals surface area contributed by atoms with Crippen molar-refractivity contribution in [3.8, 4) is 0 Å². The summed E-state index contributed by atoms with van der Waals surface area (Å²) in [5.41, 5.74) is 0. The van der Waals surface area contributed by atoms with Crippen LogP contribution in [0.3, 0.4) is 0 Å². The molecule has 0 aromatic carbocycles. The number of rotatable bonds is 4. The number of hydrogen-bond acceptors (Lipinski definition) is 3. The number of amides is 2. The van der Waals surface area contributed by atoms with Gasteiger partial charge >= 0.3 is 5.97 Å². The van der Waals surface area contributed by atoms with Crippen LogP contribution in [0, 0.1) is 17.8 Å². The molecule has 2 rings (SSSR count). The molecule has 1 aliphatic carbocycles. The van der Waals surface area contributed by atoms with E-state index in [4.69, 9.17) is 5.11 Å². The molecule has 118 valence electrons. The highest BCUT2D eigenvalue weighted by Crippen LogP contribution is 2.33. The van der Waals surface area contributed by atoms with Crippen LogP contribution in [0.5, 0.6) is 0 Å². The van der Waals surface area contributed by atoms with Gasteiger partial charge < -0.3 is 15.3 Å². The Morgan fingerprint density at radius 2 is 1.67 bits per heavy atom. The van der Waals surface area contributed by atoms with Crippen LogP contribution < -0.4 is 5.32 Å². The van der Waals surface area contributed by atoms with E-state index in [0.717, 1.165) is 0 Å². The normalized spacial score (nSPS) is 26.6. The molecule has 6 nitrogen and oxygen atoms in total. The summed E-state index contributed by atoms with van der Waals surface area (Å²) >= 11 is 0. The molecule has 1 saturated heterocycles. The van der Waals surface area contributed by atoms with Crippen molar-refractivity contribution in [2.45, 2.75) is 39.0 Å². The lowest BCUT2D eigenvalue weighted by atomic mass is 9.94. The highest BCUT2D eigenvalue weighted by atomic mass is 16.4. The third-order valence-electron chi connectivity index (χ3n) is 4.66. The first-order valence-corrected chi connectivity index (χ1v) is 7.82. The molecule has 1 saturated carbocycles. The van der Waals surface area contributed by atoms with E-state index >= 15 is 0 Å². The summed E-state index contributed by atoms with van der Waals surface area (Å²) in [5.74, 6) is -1.15. The summed E-state index contributed by atoms with van der Waals surface area (Å²) in [7, 11) is 0. The minimum atomic E-state index is -0.791. The summed E-state index contributed by atoms with van der Waals surface area (Å²) < 4.78 is 0. The quantitative estimate of drug-likeness (QED) is 0.805. The maximum Gasteiger partial charge on any atom is 0.306 e. The molecular formula is C15H24N2O4. The monoisotopic (exact) mass is 296 g/mol. The second-order valence-electron chi connectivity index (χ2n) is 6.04. The van der Waals surface area contributed by atoms with Gasteiger partial charge in [-0.15, -0.1) is 0 Å². The molecule has 2 fully saturated rings. The highest BCUT2D eigenvalue weighted by Gasteiger charge is 2.37. The maximum absolute atomic E-state index is 12.4. The lowest BCUT2D eigenvalue weighted by Crippen LogP contribution is -2.44. The molecule has 2 atom stereocenters. The first-order valence-electron chi connectivity index (χ1n) is 7.82. The average molecular weight is 296 g/mol. The first-order chi connectivity index (χ1) is 10.0. The number of carbonyl (C=O) groups excluding carboxylic acids is 2. The Balaban J connectivity index is 1.81. The number of nitrogens with zero attached hydrogens (tertiary/aromatic N) is 1. The molecule has 1 aliphatic heterocycles. The van der Waals surface area contributed by atoms with E-state index in [-0.39, 0.29) is 29.6 Å². The molecule has 2 N–H and O–H groups in total. The Kier molecular flexibility index (Phi) is 5.20. The Morgan fingerprint density at radius 1 is 1.05 bits per heavy atom. The molecule has 2 aliphatic rings. The van der Waals surface area contributed by atoms with Gasteiger partial charge in [0.1, 0.15) is 0 Å². The van der Waals surface area contributed by atoms with Gasteiger partial charge in [0.15, 0.2) is 0 Å². The largest absolute Gasteiger partial charge is 0.481 e. The summed E-state index contributed by atoms with van der Waals surface area (Å²) in [6.07, 6.45) is 3.14. The Labute approximate surface area is 124 Å². The SMILES string of the molecule is CCNC(=O)C1CCN(C(=O)[C@@H]2CC[C@H](C(=O)O)C2)CC1. The van der Waals surface area contributed by atoms with Crippen molar-refractivity contribution in [2.24, 2.45) is 17.8 Å². The van der Waals surface area contributed by atoms with Crippen molar-refractivity contribution in [1.82, 2.24) is 10.2 Å². The van der Waals surface area contributed by atoms with Crippen molar-refractivity contribution in [3.63, 3.8) is 0 Å². The van der Waals surface area contributed by atoms with E-state index in [9.17, 15) is 14.4 Å². The van der Waals surface area contributed by atoms with E-state index in [1.54, 1.807) is 0 Å². The predicted octanol–water partition coefficient (Wildman–Crippen LogP) is 0.862. The molecular weight excluding hydrogens is 272 g/mol. The van der Waals surface area contributed by atoms with E-state index in [1.165, 1.54) is 0 Å². The number of hydrogen-bond donors (Lipinski definition) is 2. The van der Waals surface area contributed by atoms with E-state index in [0.29, 0.717) is 51.7 Å². The minimum absolute atomic E-state index is 0.00402. The Hall–Kier alpha value is -1.59. The highest BCUT2D eigenvalue weighted by molar-refractivity contribution is 5.82. The number of carbonyl (C=O) groups is 3. The summed E-state index contributed by atoms with van der Waals surface area (Å²) in [6.45, 7) is 3.75. The summed E-state index contributed by atoms with van der Waals surface area (Å²) in [6, 6.07) is 0. The van der Waals surface area contributed by atoms with Gasteiger partial charge in [-0.1, -0.05) is 0 Å². The smallest absolute Gasteiger partial charge is 0.306 e. The fourth-order valence-electron chi connectivity index (χ4n) is 3.37. The van der Waals surface area contributed by atoms with Crippen LogP contribution in [0.1, 0.15) is 39.0 Å². The number of aliphatic carboxylic acids is 1. The second-order valence-corrected chi connectivity index (χ2v) is 6.04. The molecule has 1 heterocycles. The fourth-order valence-corrected chi connectivity index (χ4v) is 3.37. The van der Waals surface area contributed by atoms with Crippen LogP contribution in [0.15, 0.2) is 0 Å². The molecule has 0 spiro atoms. The zero-order valence-corrected chi connectivity index (χ0v) is 12.5. The van der Waals surface area contributed by atoms with E-state index in [2.05, 4.69) is 5.32 Å². The van der Waals surface area contributed by atoms with Crippen LogP contribution in [-0.4, -0.2) is 47.4 Å². The molecule has 0 aromatic rings. The van der Waals surface area contributed by atoms with Gasteiger partial charge in [0.25, 0.3) is 0 Å². The lowest BCUT2D eigenvalue weighted by molar-refractivity contribution is -0.142. The maximum atomic E-state index is 12.4. The first kappa shape index (κ1) is 15.8. The number of carboxylic acids is 1. The summed E-state index contributed by atoms with van der Waals surface area (Å²) in [5, 5.41) is 11.8.